The Kier molecular flexibility index (Phi) is 3.55. The number of nitrogens with one attached hydrogen (secondary N) is 1. The number of rotatable bonds is 4. The van der Waals surface area contributed by atoms with Crippen LogP contribution in [0.3, 0.4) is 0 Å². The zero-order valence-electron chi connectivity index (χ0n) is 12.4. The Hall–Kier alpha value is -2.82. The predicted octanol–water partition coefficient (Wildman–Crippen LogP) is 3.46. The van der Waals surface area contributed by atoms with Gasteiger partial charge in [-0.05, 0) is 49.2 Å². The van der Waals surface area contributed by atoms with Crippen molar-refractivity contribution in [2.75, 3.05) is 0 Å². The van der Waals surface area contributed by atoms with E-state index in [4.69, 9.17) is 9.84 Å². The number of carboxylic acid groups (broad SMARTS) is 1. The second-order valence-corrected chi connectivity index (χ2v) is 5.28. The SMILES string of the molecule is Cc1ccc(C)c(OCc2nc3ccc(C(=O)O)cc3[nH]2)c1. The fraction of sp³-hybridized carbons (Fsp3) is 0.176. The molecule has 22 heavy (non-hydrogen) atoms. The number of aromatic carboxylic acids is 1. The molecule has 1 heterocycles. The third kappa shape index (κ3) is 2.79. The Morgan fingerprint density at radius 3 is 2.82 bits per heavy atom. The van der Waals surface area contributed by atoms with Crippen molar-refractivity contribution in [1.82, 2.24) is 9.97 Å². The number of carbonyl (C=O) groups is 1. The number of H-pyrrole nitrogens is 1. The molecule has 0 spiro atoms. The first kappa shape index (κ1) is 14.1. The molecule has 0 aliphatic heterocycles. The standard InChI is InChI=1S/C17H16N2O3/c1-10-3-4-11(2)15(7-10)22-9-16-18-13-6-5-12(17(20)21)8-14(13)19-16/h3-8H,9H2,1-2H3,(H,18,19)(H,20,21). The molecule has 1 aromatic heterocycles. The summed E-state index contributed by atoms with van der Waals surface area (Å²) in [5, 5.41) is 9.00. The number of imidazole rings is 1. The summed E-state index contributed by atoms with van der Waals surface area (Å²) in [6.45, 7) is 4.31. The molecule has 0 amide bonds. The largest absolute Gasteiger partial charge is 0.485 e. The average Bonchev–Trinajstić information content (AvgIpc) is 2.90. The van der Waals surface area contributed by atoms with Crippen molar-refractivity contribution < 1.29 is 14.6 Å². The minimum Gasteiger partial charge on any atom is -0.485 e. The van der Waals surface area contributed by atoms with Gasteiger partial charge in [-0.2, -0.15) is 0 Å². The number of hydrogen-bond donors (Lipinski definition) is 2. The van der Waals surface area contributed by atoms with E-state index in [1.165, 1.54) is 0 Å². The maximum absolute atomic E-state index is 11.0. The van der Waals surface area contributed by atoms with Gasteiger partial charge in [0.15, 0.2) is 0 Å². The molecular weight excluding hydrogens is 280 g/mol. The Labute approximate surface area is 127 Å². The molecule has 0 fully saturated rings. The quantitative estimate of drug-likeness (QED) is 0.773. The van der Waals surface area contributed by atoms with Crippen LogP contribution in [-0.2, 0) is 6.61 Å². The molecule has 3 aromatic rings. The normalized spacial score (nSPS) is 10.8. The van der Waals surface area contributed by atoms with Crippen LogP contribution >= 0.6 is 0 Å². The fourth-order valence-corrected chi connectivity index (χ4v) is 2.27. The van der Waals surface area contributed by atoms with Crippen molar-refractivity contribution in [3.05, 3.63) is 58.9 Å². The minimum atomic E-state index is -0.954. The van der Waals surface area contributed by atoms with Gasteiger partial charge in [0.1, 0.15) is 18.2 Å². The molecular formula is C17H16N2O3. The molecule has 5 heteroatoms. The Balaban J connectivity index is 1.82. The molecule has 3 rings (SSSR count). The molecule has 5 nitrogen and oxygen atoms in total. The van der Waals surface area contributed by atoms with Crippen molar-refractivity contribution in [3.8, 4) is 5.75 Å². The Bertz CT molecular complexity index is 852. The molecule has 0 radical (unpaired) electrons. The first-order valence-corrected chi connectivity index (χ1v) is 6.95. The molecule has 2 aromatic carbocycles. The zero-order chi connectivity index (χ0) is 15.7. The number of aromatic amines is 1. The highest BCUT2D eigenvalue weighted by atomic mass is 16.5. The van der Waals surface area contributed by atoms with Gasteiger partial charge in [-0.3, -0.25) is 0 Å². The van der Waals surface area contributed by atoms with Crippen LogP contribution in [0.1, 0.15) is 27.3 Å². The van der Waals surface area contributed by atoms with Gasteiger partial charge in [-0.25, -0.2) is 9.78 Å². The van der Waals surface area contributed by atoms with Crippen LogP contribution in [0.2, 0.25) is 0 Å². The molecule has 0 unspecified atom stereocenters. The van der Waals surface area contributed by atoms with Crippen LogP contribution in [0.25, 0.3) is 11.0 Å². The van der Waals surface area contributed by atoms with E-state index in [-0.39, 0.29) is 5.56 Å². The Morgan fingerprint density at radius 2 is 2.05 bits per heavy atom. The van der Waals surface area contributed by atoms with Crippen LogP contribution in [0, 0.1) is 13.8 Å². The van der Waals surface area contributed by atoms with Gasteiger partial charge >= 0.3 is 5.97 Å². The lowest BCUT2D eigenvalue weighted by Gasteiger charge is -2.08. The highest BCUT2D eigenvalue weighted by Gasteiger charge is 2.08. The number of hydrogen-bond acceptors (Lipinski definition) is 3. The number of carboxylic acids is 1. The number of aromatic nitrogens is 2. The second-order valence-electron chi connectivity index (χ2n) is 5.28. The summed E-state index contributed by atoms with van der Waals surface area (Å²) in [4.78, 5) is 18.5. The van der Waals surface area contributed by atoms with Gasteiger partial charge in [0.25, 0.3) is 0 Å². The summed E-state index contributed by atoms with van der Waals surface area (Å²) in [6.07, 6.45) is 0. The summed E-state index contributed by atoms with van der Waals surface area (Å²) in [5.74, 6) is 0.537. The van der Waals surface area contributed by atoms with Crippen molar-refractivity contribution in [2.24, 2.45) is 0 Å². The summed E-state index contributed by atoms with van der Waals surface area (Å²) in [6, 6.07) is 10.9. The molecule has 112 valence electrons. The number of nitrogens with zero attached hydrogens (tertiary/aromatic N) is 1. The van der Waals surface area contributed by atoms with Crippen LogP contribution < -0.4 is 4.74 Å². The van der Waals surface area contributed by atoms with Crippen molar-refractivity contribution in [3.63, 3.8) is 0 Å². The van der Waals surface area contributed by atoms with Gasteiger partial charge in [0, 0.05) is 0 Å². The van der Waals surface area contributed by atoms with E-state index in [2.05, 4.69) is 9.97 Å². The number of benzene rings is 2. The van der Waals surface area contributed by atoms with Crippen molar-refractivity contribution >= 4 is 17.0 Å². The van der Waals surface area contributed by atoms with Gasteiger partial charge in [-0.1, -0.05) is 12.1 Å². The van der Waals surface area contributed by atoms with Crippen LogP contribution in [0.15, 0.2) is 36.4 Å². The Morgan fingerprint density at radius 1 is 1.23 bits per heavy atom. The van der Waals surface area contributed by atoms with Crippen LogP contribution in [-0.4, -0.2) is 21.0 Å². The fourth-order valence-electron chi connectivity index (χ4n) is 2.27. The molecule has 0 aliphatic carbocycles. The first-order chi connectivity index (χ1) is 10.5. The summed E-state index contributed by atoms with van der Waals surface area (Å²) >= 11 is 0. The molecule has 0 atom stereocenters. The lowest BCUT2D eigenvalue weighted by Crippen LogP contribution is -1.99. The first-order valence-electron chi connectivity index (χ1n) is 6.95. The molecule has 0 bridgehead atoms. The number of aryl methyl sites for hydroxylation is 2. The second kappa shape index (κ2) is 5.52. The molecule has 0 aliphatic rings. The molecule has 0 saturated carbocycles. The maximum Gasteiger partial charge on any atom is 0.335 e. The predicted molar refractivity (Wildman–Crippen MR) is 83.3 cm³/mol. The summed E-state index contributed by atoms with van der Waals surface area (Å²) in [7, 11) is 0. The molecule has 0 saturated heterocycles. The average molecular weight is 296 g/mol. The van der Waals surface area contributed by atoms with Crippen molar-refractivity contribution in [1.29, 1.82) is 0 Å². The highest BCUT2D eigenvalue weighted by Crippen LogP contribution is 2.21. The highest BCUT2D eigenvalue weighted by molar-refractivity contribution is 5.92. The maximum atomic E-state index is 11.0. The van der Waals surface area contributed by atoms with Crippen molar-refractivity contribution in [2.45, 2.75) is 20.5 Å². The lowest BCUT2D eigenvalue weighted by atomic mass is 10.1. The van der Waals surface area contributed by atoms with E-state index in [0.29, 0.717) is 17.9 Å². The van der Waals surface area contributed by atoms with E-state index in [0.717, 1.165) is 22.4 Å². The van der Waals surface area contributed by atoms with Gasteiger partial charge in [0.05, 0.1) is 16.6 Å². The number of ether oxygens (including phenoxy) is 1. The summed E-state index contributed by atoms with van der Waals surface area (Å²) < 4.78 is 5.80. The van der Waals surface area contributed by atoms with E-state index in [9.17, 15) is 4.79 Å². The van der Waals surface area contributed by atoms with Crippen LogP contribution in [0.5, 0.6) is 5.75 Å². The topological polar surface area (TPSA) is 75.2 Å². The van der Waals surface area contributed by atoms with E-state index < -0.39 is 5.97 Å². The van der Waals surface area contributed by atoms with Gasteiger partial charge < -0.3 is 14.8 Å². The van der Waals surface area contributed by atoms with E-state index in [1.807, 2.05) is 32.0 Å². The smallest absolute Gasteiger partial charge is 0.335 e. The zero-order valence-corrected chi connectivity index (χ0v) is 12.4. The van der Waals surface area contributed by atoms with Gasteiger partial charge in [0.2, 0.25) is 0 Å². The van der Waals surface area contributed by atoms with E-state index in [1.54, 1.807) is 18.2 Å². The van der Waals surface area contributed by atoms with Crippen LogP contribution in [0.4, 0.5) is 0 Å². The minimum absolute atomic E-state index is 0.234. The summed E-state index contributed by atoms with van der Waals surface area (Å²) in [5.41, 5.74) is 3.85. The monoisotopic (exact) mass is 296 g/mol. The third-order valence-electron chi connectivity index (χ3n) is 3.49. The lowest BCUT2D eigenvalue weighted by molar-refractivity contribution is 0.0697. The van der Waals surface area contributed by atoms with E-state index >= 15 is 0 Å². The third-order valence-corrected chi connectivity index (χ3v) is 3.49. The molecule has 2 N–H and O–H groups in total. The number of fused-ring (bicyclic) bond motifs is 1. The van der Waals surface area contributed by atoms with Gasteiger partial charge in [-0.15, -0.1) is 0 Å².